The summed E-state index contributed by atoms with van der Waals surface area (Å²) in [4.78, 5) is 40.7. The van der Waals surface area contributed by atoms with Crippen molar-refractivity contribution in [3.8, 4) is 28.0 Å². The zero-order valence-corrected chi connectivity index (χ0v) is 24.7. The van der Waals surface area contributed by atoms with E-state index in [0.29, 0.717) is 35.2 Å². The number of nitrogens with one attached hydrogen (secondary N) is 1. The van der Waals surface area contributed by atoms with Crippen molar-refractivity contribution in [2.24, 2.45) is 0 Å². The number of methoxy groups -OCH3 is 1. The lowest BCUT2D eigenvalue weighted by molar-refractivity contribution is -0.0718. The third-order valence-corrected chi connectivity index (χ3v) is 8.61. The number of fused-ring (bicyclic) bond motifs is 5. The van der Waals surface area contributed by atoms with Crippen molar-refractivity contribution in [3.63, 3.8) is 0 Å². The van der Waals surface area contributed by atoms with Gasteiger partial charge in [-0.15, -0.1) is 11.3 Å². The molecule has 0 fully saturated rings. The van der Waals surface area contributed by atoms with E-state index in [4.69, 9.17) is 23.9 Å². The van der Waals surface area contributed by atoms with Gasteiger partial charge in [0.25, 0.3) is 12.2 Å². The molecule has 0 saturated carbocycles. The van der Waals surface area contributed by atoms with Crippen LogP contribution in [0.3, 0.4) is 0 Å². The van der Waals surface area contributed by atoms with Crippen LogP contribution in [0.1, 0.15) is 27.0 Å². The van der Waals surface area contributed by atoms with Crippen molar-refractivity contribution in [2.45, 2.75) is 26.6 Å². The molecule has 0 bridgehead atoms. The first kappa shape index (κ1) is 26.9. The molecule has 0 aliphatic carbocycles. The molecule has 4 heterocycles. The molecule has 0 spiro atoms. The van der Waals surface area contributed by atoms with Crippen LogP contribution < -0.4 is 24.4 Å². The number of anilines is 1. The van der Waals surface area contributed by atoms with Crippen LogP contribution in [0.25, 0.3) is 31.8 Å². The second kappa shape index (κ2) is 10.4. The van der Waals surface area contributed by atoms with Crippen molar-refractivity contribution in [1.82, 2.24) is 20.3 Å². The van der Waals surface area contributed by atoms with E-state index in [9.17, 15) is 9.59 Å². The lowest BCUT2D eigenvalue weighted by Gasteiger charge is -2.28. The second-order valence-electron chi connectivity index (χ2n) is 10.5. The molecule has 0 radical (unpaired) electrons. The summed E-state index contributed by atoms with van der Waals surface area (Å²) < 4.78 is 24.0. The summed E-state index contributed by atoms with van der Waals surface area (Å²) in [6.45, 7) is 4.56. The first-order valence-electron chi connectivity index (χ1n) is 13.7. The number of nitrogens with zero attached hydrogens (tertiary/aromatic N) is 4. The number of hydrogen-bond donors (Lipinski definition) is 1. The molecule has 1 unspecified atom stereocenters. The maximum absolute atomic E-state index is 13.0. The normalized spacial score (nSPS) is 15.6. The molecule has 3 aromatic carbocycles. The van der Waals surface area contributed by atoms with Crippen LogP contribution in [0, 0.1) is 13.8 Å². The topological polar surface area (TPSA) is 125 Å². The third kappa shape index (κ3) is 4.73. The summed E-state index contributed by atoms with van der Waals surface area (Å²) >= 11 is 1.48. The van der Waals surface area contributed by atoms with Gasteiger partial charge in [0.1, 0.15) is 9.71 Å². The van der Waals surface area contributed by atoms with Crippen LogP contribution in [0.5, 0.6) is 17.4 Å². The molecule has 0 saturated heterocycles. The van der Waals surface area contributed by atoms with E-state index in [0.717, 1.165) is 54.9 Å². The smallest absolute Gasteiger partial charge is 0.417 e. The number of ether oxygens (including phenoxy) is 4. The van der Waals surface area contributed by atoms with Gasteiger partial charge in [0, 0.05) is 30.4 Å². The second-order valence-corrected chi connectivity index (χ2v) is 11.5. The van der Waals surface area contributed by atoms with E-state index in [1.54, 1.807) is 32.5 Å². The maximum Gasteiger partial charge on any atom is 0.417 e. The lowest BCUT2D eigenvalue weighted by atomic mass is 9.99. The van der Waals surface area contributed by atoms with Gasteiger partial charge < -0.3 is 24.3 Å². The molecule has 43 heavy (non-hydrogen) atoms. The standard InChI is InChI=1S/C31H27N5O6S/c1-15-9-20(26-21(10-15)34-23(39-4)13-33-26)30-35-25-16(2)11-22-27(28(25)43-30)40-14-24(41-22)42-31(38)36(3)18-6-5-17-7-8-32-29(37)19(17)12-18/h5-6,9-13,24H,7-8,14H2,1-4H3,(H,32,37). The highest BCUT2D eigenvalue weighted by Crippen LogP contribution is 2.46. The Hall–Kier alpha value is -4.97. The van der Waals surface area contributed by atoms with Gasteiger partial charge in [0.05, 0.1) is 29.9 Å². The Bertz CT molecular complexity index is 1960. The van der Waals surface area contributed by atoms with E-state index in [1.807, 2.05) is 38.1 Å². The fourth-order valence-electron chi connectivity index (χ4n) is 5.32. The highest BCUT2D eigenvalue weighted by molar-refractivity contribution is 7.22. The Morgan fingerprint density at radius 3 is 2.81 bits per heavy atom. The van der Waals surface area contributed by atoms with Gasteiger partial charge in [-0.1, -0.05) is 6.07 Å². The predicted molar refractivity (Wildman–Crippen MR) is 161 cm³/mol. The molecule has 218 valence electrons. The zero-order chi connectivity index (χ0) is 29.8. The Balaban J connectivity index is 1.15. The molecule has 1 N–H and O–H groups in total. The number of carbonyl (C=O) groups is 2. The largest absolute Gasteiger partial charge is 0.480 e. The number of aryl methyl sites for hydroxylation is 2. The monoisotopic (exact) mass is 597 g/mol. The summed E-state index contributed by atoms with van der Waals surface area (Å²) in [5, 5.41) is 3.60. The highest BCUT2D eigenvalue weighted by Gasteiger charge is 2.30. The minimum atomic E-state index is -0.960. The van der Waals surface area contributed by atoms with Gasteiger partial charge >= 0.3 is 6.09 Å². The maximum atomic E-state index is 13.0. The first-order chi connectivity index (χ1) is 20.8. The fraction of sp³-hybridized carbons (Fsp3) is 0.258. The van der Waals surface area contributed by atoms with Gasteiger partial charge in [-0.25, -0.2) is 19.7 Å². The number of amides is 2. The number of benzene rings is 3. The van der Waals surface area contributed by atoms with Gasteiger partial charge in [0.2, 0.25) is 5.88 Å². The van der Waals surface area contributed by atoms with E-state index in [2.05, 4.69) is 15.3 Å². The summed E-state index contributed by atoms with van der Waals surface area (Å²) in [5.41, 5.74) is 7.08. The Kier molecular flexibility index (Phi) is 6.50. The number of hydrogen-bond acceptors (Lipinski definition) is 10. The molecule has 12 heteroatoms. The minimum absolute atomic E-state index is 0.00319. The van der Waals surface area contributed by atoms with E-state index in [-0.39, 0.29) is 12.5 Å². The van der Waals surface area contributed by atoms with Crippen molar-refractivity contribution in [3.05, 3.63) is 64.8 Å². The predicted octanol–water partition coefficient (Wildman–Crippen LogP) is 5.19. The number of rotatable bonds is 4. The molecule has 1 atom stereocenters. The number of thiazole rings is 1. The average Bonchev–Trinajstić information content (AvgIpc) is 3.46. The molecule has 2 aliphatic rings. The van der Waals surface area contributed by atoms with Crippen LogP contribution in [0.4, 0.5) is 10.5 Å². The fourth-order valence-corrected chi connectivity index (χ4v) is 6.47. The molecule has 11 nitrogen and oxygen atoms in total. The molecule has 2 amide bonds. The summed E-state index contributed by atoms with van der Waals surface area (Å²) in [6, 6.07) is 11.2. The number of carbonyl (C=O) groups excluding carboxylic acids is 2. The lowest BCUT2D eigenvalue weighted by Crippen LogP contribution is -2.38. The van der Waals surface area contributed by atoms with Crippen LogP contribution in [0.15, 0.2) is 42.6 Å². The van der Waals surface area contributed by atoms with Gasteiger partial charge in [-0.05, 0) is 67.3 Å². The van der Waals surface area contributed by atoms with Crippen LogP contribution in [-0.4, -0.2) is 60.6 Å². The van der Waals surface area contributed by atoms with Crippen LogP contribution in [-0.2, 0) is 11.2 Å². The Morgan fingerprint density at radius 1 is 1.12 bits per heavy atom. The Labute approximate surface area is 250 Å². The average molecular weight is 598 g/mol. The zero-order valence-electron chi connectivity index (χ0n) is 23.9. The molecule has 5 aromatic rings. The molecule has 2 aromatic heterocycles. The highest BCUT2D eigenvalue weighted by atomic mass is 32.1. The van der Waals surface area contributed by atoms with Crippen LogP contribution in [0.2, 0.25) is 0 Å². The third-order valence-electron chi connectivity index (χ3n) is 7.52. The quantitative estimate of drug-likeness (QED) is 0.298. The van der Waals surface area contributed by atoms with Gasteiger partial charge in [-0.3, -0.25) is 9.69 Å². The van der Waals surface area contributed by atoms with E-state index in [1.165, 1.54) is 16.2 Å². The van der Waals surface area contributed by atoms with E-state index >= 15 is 0 Å². The van der Waals surface area contributed by atoms with Crippen LogP contribution >= 0.6 is 11.3 Å². The molecular formula is C31H27N5O6S. The van der Waals surface area contributed by atoms with E-state index < -0.39 is 12.4 Å². The molecule has 2 aliphatic heterocycles. The van der Waals surface area contributed by atoms with Crippen molar-refractivity contribution in [2.75, 3.05) is 32.2 Å². The summed E-state index contributed by atoms with van der Waals surface area (Å²) in [7, 11) is 3.15. The number of aromatic nitrogens is 3. The summed E-state index contributed by atoms with van der Waals surface area (Å²) in [5.74, 6) is 1.31. The van der Waals surface area contributed by atoms with Crippen molar-refractivity contribution >= 4 is 50.3 Å². The SMILES string of the molecule is COc1cnc2c(-c3nc4c(C)cc5c(c4s3)OCC(OC(=O)N(C)c3ccc4c(c3)C(=O)NCC4)O5)cc(C)cc2n1. The van der Waals surface area contributed by atoms with Gasteiger partial charge in [-0.2, -0.15) is 0 Å². The molecular weight excluding hydrogens is 570 g/mol. The minimum Gasteiger partial charge on any atom is -0.480 e. The Morgan fingerprint density at radius 2 is 1.98 bits per heavy atom. The summed E-state index contributed by atoms with van der Waals surface area (Å²) in [6.07, 6.45) is 0.759. The van der Waals surface area contributed by atoms with Gasteiger partial charge in [0.15, 0.2) is 18.1 Å². The van der Waals surface area contributed by atoms with Crippen molar-refractivity contribution in [1.29, 1.82) is 0 Å². The first-order valence-corrected chi connectivity index (χ1v) is 14.5. The van der Waals surface area contributed by atoms with Crippen molar-refractivity contribution < 1.29 is 28.5 Å². The molecule has 7 rings (SSSR count).